The minimum absolute atomic E-state index is 0.0705. The summed E-state index contributed by atoms with van der Waals surface area (Å²) in [5.41, 5.74) is 3.12. The van der Waals surface area contributed by atoms with Crippen LogP contribution in [0.2, 0.25) is 5.02 Å². The Balaban J connectivity index is 1.80. The Morgan fingerprint density at radius 1 is 1.41 bits per heavy atom. The molecule has 1 atom stereocenters. The van der Waals surface area contributed by atoms with Gasteiger partial charge in [-0.05, 0) is 23.8 Å². The van der Waals surface area contributed by atoms with Gasteiger partial charge in [0.15, 0.2) is 11.9 Å². The van der Waals surface area contributed by atoms with Crippen LogP contribution in [0.1, 0.15) is 28.0 Å². The predicted octanol–water partition coefficient (Wildman–Crippen LogP) is 1.16. The topological polar surface area (TPSA) is 90.6 Å². The summed E-state index contributed by atoms with van der Waals surface area (Å²) in [6.07, 6.45) is -0.875. The number of fused-ring (bicyclic) bond motifs is 1. The van der Waals surface area contributed by atoms with E-state index in [0.29, 0.717) is 30.4 Å². The van der Waals surface area contributed by atoms with E-state index in [2.05, 4.69) is 5.10 Å². The van der Waals surface area contributed by atoms with Crippen LogP contribution >= 0.6 is 11.6 Å². The first kappa shape index (κ1) is 15.0. The molecule has 0 radical (unpaired) electrons. The van der Waals surface area contributed by atoms with Crippen LogP contribution in [0, 0.1) is 0 Å². The van der Waals surface area contributed by atoms with Crippen LogP contribution in [0.25, 0.3) is 0 Å². The number of benzene rings is 1. The molecule has 1 aliphatic heterocycles. The third kappa shape index (κ3) is 2.84. The Hall–Kier alpha value is -1.93. The van der Waals surface area contributed by atoms with Gasteiger partial charge in [0.1, 0.15) is 0 Å². The summed E-state index contributed by atoms with van der Waals surface area (Å²) >= 11 is 5.97. The monoisotopic (exact) mass is 322 g/mol. The molecular weight excluding hydrogens is 308 g/mol. The highest BCUT2D eigenvalue weighted by molar-refractivity contribution is 6.30. The Morgan fingerprint density at radius 2 is 2.23 bits per heavy atom. The fourth-order valence-electron chi connectivity index (χ4n) is 2.55. The first-order valence-electron chi connectivity index (χ1n) is 6.77. The van der Waals surface area contributed by atoms with E-state index < -0.39 is 12.1 Å². The maximum atomic E-state index is 11.4. The molecule has 0 fully saturated rings. The fourth-order valence-corrected chi connectivity index (χ4v) is 2.77. The Kier molecular flexibility index (Phi) is 4.12. The third-order valence-electron chi connectivity index (χ3n) is 3.63. The number of hydroxylamine groups is 1. The van der Waals surface area contributed by atoms with E-state index in [9.17, 15) is 9.90 Å². The molecule has 0 saturated heterocycles. The summed E-state index contributed by atoms with van der Waals surface area (Å²) < 4.78 is 1.57. The molecule has 2 aromatic rings. The zero-order valence-electron chi connectivity index (χ0n) is 11.6. The average molecular weight is 323 g/mol. The summed E-state index contributed by atoms with van der Waals surface area (Å²) in [6.45, 7) is 1.67. The van der Waals surface area contributed by atoms with Crippen molar-refractivity contribution in [2.24, 2.45) is 0 Å². The number of aliphatic hydroxyl groups excluding tert-OH is 1. The molecule has 7 nitrogen and oxygen atoms in total. The molecule has 1 unspecified atom stereocenters. The Labute approximate surface area is 131 Å². The summed E-state index contributed by atoms with van der Waals surface area (Å²) in [5.74, 6) is -0.699. The van der Waals surface area contributed by atoms with Crippen LogP contribution in [-0.4, -0.2) is 37.4 Å². The lowest BCUT2D eigenvalue weighted by molar-refractivity contribution is -0.0290. The van der Waals surface area contributed by atoms with Crippen molar-refractivity contribution >= 4 is 17.5 Å². The van der Waals surface area contributed by atoms with E-state index in [4.69, 9.17) is 16.8 Å². The van der Waals surface area contributed by atoms with E-state index in [0.717, 1.165) is 5.56 Å². The van der Waals surface area contributed by atoms with Crippen molar-refractivity contribution in [3.63, 3.8) is 0 Å². The number of hydrogen-bond acceptors (Lipinski definition) is 5. The molecule has 0 aliphatic carbocycles. The standard InChI is InChI=1S/C14H15ClN4O3/c15-10-3-1-2-9(6-10)8-18-4-5-19-12(14(18)21)7-11(16-19)13(20)17-22/h1-3,6-7,14,21-22H,4-5,8H2,(H,17,20). The zero-order chi connectivity index (χ0) is 15.7. The van der Waals surface area contributed by atoms with Gasteiger partial charge in [-0.15, -0.1) is 0 Å². The zero-order valence-corrected chi connectivity index (χ0v) is 12.4. The molecule has 3 rings (SSSR count). The molecule has 0 bridgehead atoms. The quantitative estimate of drug-likeness (QED) is 0.583. The highest BCUT2D eigenvalue weighted by Crippen LogP contribution is 2.26. The van der Waals surface area contributed by atoms with Crippen molar-refractivity contribution in [3.05, 3.63) is 52.3 Å². The van der Waals surface area contributed by atoms with Crippen molar-refractivity contribution in [1.82, 2.24) is 20.2 Å². The summed E-state index contributed by atoms with van der Waals surface area (Å²) in [4.78, 5) is 13.3. The van der Waals surface area contributed by atoms with E-state index >= 15 is 0 Å². The molecule has 1 aliphatic rings. The smallest absolute Gasteiger partial charge is 0.295 e. The number of aliphatic hydroxyl groups is 1. The van der Waals surface area contributed by atoms with Gasteiger partial charge in [-0.25, -0.2) is 5.48 Å². The fraction of sp³-hybridized carbons (Fsp3) is 0.286. The van der Waals surface area contributed by atoms with Crippen LogP contribution in [-0.2, 0) is 13.1 Å². The number of aromatic nitrogens is 2. The molecule has 116 valence electrons. The van der Waals surface area contributed by atoms with Gasteiger partial charge in [-0.3, -0.25) is 19.6 Å². The first-order valence-corrected chi connectivity index (χ1v) is 7.15. The van der Waals surface area contributed by atoms with Crippen molar-refractivity contribution in [2.45, 2.75) is 19.3 Å². The normalized spacial score (nSPS) is 18.0. The molecule has 0 saturated carbocycles. The number of carbonyl (C=O) groups excluding carboxylic acids is 1. The largest absolute Gasteiger partial charge is 0.372 e. The molecular formula is C14H15ClN4O3. The molecule has 1 aromatic carbocycles. The van der Waals surface area contributed by atoms with Crippen LogP contribution in [0.5, 0.6) is 0 Å². The molecule has 8 heteroatoms. The second kappa shape index (κ2) is 6.05. The van der Waals surface area contributed by atoms with Gasteiger partial charge in [-0.2, -0.15) is 5.10 Å². The van der Waals surface area contributed by atoms with Crippen molar-refractivity contribution < 1.29 is 15.1 Å². The van der Waals surface area contributed by atoms with E-state index in [-0.39, 0.29) is 5.69 Å². The lowest BCUT2D eigenvalue weighted by Gasteiger charge is -2.32. The average Bonchev–Trinajstić information content (AvgIpc) is 2.94. The highest BCUT2D eigenvalue weighted by atomic mass is 35.5. The number of rotatable bonds is 3. The summed E-state index contributed by atoms with van der Waals surface area (Å²) in [6, 6.07) is 8.93. The van der Waals surface area contributed by atoms with Crippen LogP contribution in [0.15, 0.2) is 30.3 Å². The maximum absolute atomic E-state index is 11.4. The van der Waals surface area contributed by atoms with Crippen molar-refractivity contribution in [1.29, 1.82) is 0 Å². The SMILES string of the molecule is O=C(NO)c1cc2n(n1)CCN(Cc1cccc(Cl)c1)C2O. The highest BCUT2D eigenvalue weighted by Gasteiger charge is 2.28. The number of hydrogen-bond donors (Lipinski definition) is 3. The molecule has 3 N–H and O–H groups in total. The second-order valence-electron chi connectivity index (χ2n) is 5.09. The number of nitrogens with zero attached hydrogens (tertiary/aromatic N) is 3. The van der Waals surface area contributed by atoms with Gasteiger partial charge in [0.2, 0.25) is 0 Å². The van der Waals surface area contributed by atoms with Gasteiger partial charge >= 0.3 is 0 Å². The second-order valence-corrected chi connectivity index (χ2v) is 5.53. The molecule has 1 aromatic heterocycles. The minimum atomic E-state index is -0.875. The lowest BCUT2D eigenvalue weighted by atomic mass is 10.1. The number of amides is 1. The maximum Gasteiger partial charge on any atom is 0.295 e. The van der Waals surface area contributed by atoms with Gasteiger partial charge in [0.05, 0.1) is 12.2 Å². The van der Waals surface area contributed by atoms with Crippen LogP contribution in [0.4, 0.5) is 0 Å². The van der Waals surface area contributed by atoms with E-state index in [1.54, 1.807) is 10.7 Å². The third-order valence-corrected chi connectivity index (χ3v) is 3.86. The number of carbonyl (C=O) groups is 1. The number of nitrogens with one attached hydrogen (secondary N) is 1. The van der Waals surface area contributed by atoms with E-state index in [1.165, 1.54) is 11.5 Å². The van der Waals surface area contributed by atoms with Crippen LogP contribution in [0.3, 0.4) is 0 Å². The van der Waals surface area contributed by atoms with Gasteiger partial charge in [0, 0.05) is 18.1 Å². The summed E-state index contributed by atoms with van der Waals surface area (Å²) in [5, 5.41) is 23.8. The Morgan fingerprint density at radius 3 is 2.95 bits per heavy atom. The van der Waals surface area contributed by atoms with Crippen molar-refractivity contribution in [3.8, 4) is 0 Å². The first-order chi connectivity index (χ1) is 10.6. The molecule has 2 heterocycles. The lowest BCUT2D eigenvalue weighted by Crippen LogP contribution is -2.37. The van der Waals surface area contributed by atoms with Crippen LogP contribution < -0.4 is 5.48 Å². The molecule has 0 spiro atoms. The Bertz CT molecular complexity index is 703. The molecule has 1 amide bonds. The van der Waals surface area contributed by atoms with E-state index in [1.807, 2.05) is 23.1 Å². The van der Waals surface area contributed by atoms with Gasteiger partial charge in [0.25, 0.3) is 5.91 Å². The minimum Gasteiger partial charge on any atom is -0.372 e. The van der Waals surface area contributed by atoms with Crippen molar-refractivity contribution in [2.75, 3.05) is 6.54 Å². The van der Waals surface area contributed by atoms with Gasteiger partial charge < -0.3 is 5.11 Å². The summed E-state index contributed by atoms with van der Waals surface area (Å²) in [7, 11) is 0. The number of halogens is 1. The van der Waals surface area contributed by atoms with Gasteiger partial charge in [-0.1, -0.05) is 23.7 Å². The molecule has 22 heavy (non-hydrogen) atoms. The predicted molar refractivity (Wildman–Crippen MR) is 78.3 cm³/mol.